The lowest BCUT2D eigenvalue weighted by Gasteiger charge is -2.34. The maximum absolute atomic E-state index is 12.5. The minimum absolute atomic E-state index is 0.0483. The maximum Gasteiger partial charge on any atom is 0.243 e. The van der Waals surface area contributed by atoms with E-state index in [2.05, 4.69) is 0 Å². The van der Waals surface area contributed by atoms with E-state index >= 15 is 0 Å². The van der Waals surface area contributed by atoms with Crippen molar-refractivity contribution in [1.82, 2.24) is 4.31 Å². The molecule has 1 aliphatic rings. The average molecular weight is 297 g/mol. The summed E-state index contributed by atoms with van der Waals surface area (Å²) in [5, 5.41) is 9.79. The summed E-state index contributed by atoms with van der Waals surface area (Å²) in [4.78, 5) is 11.7. The van der Waals surface area contributed by atoms with E-state index < -0.39 is 22.0 Å². The van der Waals surface area contributed by atoms with E-state index in [4.69, 9.17) is 0 Å². The Kier molecular flexibility index (Phi) is 4.27. The van der Waals surface area contributed by atoms with E-state index in [-0.39, 0.29) is 30.2 Å². The standard InChI is InChI=1S/C14H19NO4S/c1-10-3-5-12(6-4-10)20(18,19)15-8-7-14(17)13(9-15)11(2)16/h3-6,13-14,17H,7-9H2,1-2H3/t13-,14-/m0/s1. The lowest BCUT2D eigenvalue weighted by atomic mass is 9.93. The Hall–Kier alpha value is -1.24. The number of piperidine rings is 1. The van der Waals surface area contributed by atoms with E-state index in [1.54, 1.807) is 24.3 Å². The maximum atomic E-state index is 12.5. The number of aliphatic hydroxyl groups is 1. The molecule has 1 aliphatic heterocycles. The molecule has 1 fully saturated rings. The van der Waals surface area contributed by atoms with Gasteiger partial charge in [-0.15, -0.1) is 0 Å². The van der Waals surface area contributed by atoms with Crippen LogP contribution in [-0.2, 0) is 14.8 Å². The second kappa shape index (κ2) is 5.63. The number of Topliss-reactive ketones (excluding diaryl/α,β-unsaturated/α-hetero) is 1. The van der Waals surface area contributed by atoms with Crippen molar-refractivity contribution < 1.29 is 18.3 Å². The van der Waals surface area contributed by atoms with Gasteiger partial charge in [-0.1, -0.05) is 17.7 Å². The summed E-state index contributed by atoms with van der Waals surface area (Å²) in [5.41, 5.74) is 0.986. The number of benzene rings is 1. The molecule has 0 radical (unpaired) electrons. The average Bonchev–Trinajstić information content (AvgIpc) is 2.39. The largest absolute Gasteiger partial charge is 0.392 e. The van der Waals surface area contributed by atoms with Gasteiger partial charge in [0.15, 0.2) is 0 Å². The lowest BCUT2D eigenvalue weighted by molar-refractivity contribution is -0.125. The molecule has 0 saturated carbocycles. The number of hydrogen-bond donors (Lipinski definition) is 1. The van der Waals surface area contributed by atoms with Crippen molar-refractivity contribution in [3.05, 3.63) is 29.8 Å². The molecule has 1 aromatic carbocycles. The summed E-state index contributed by atoms with van der Waals surface area (Å²) in [7, 11) is -3.60. The molecule has 5 nitrogen and oxygen atoms in total. The predicted octanol–water partition coefficient (Wildman–Crippen LogP) is 0.956. The summed E-state index contributed by atoms with van der Waals surface area (Å²) in [5.74, 6) is -0.815. The van der Waals surface area contributed by atoms with Crippen LogP contribution < -0.4 is 0 Å². The van der Waals surface area contributed by atoms with Crippen LogP contribution in [0.15, 0.2) is 29.2 Å². The Bertz CT molecular complexity index is 594. The predicted molar refractivity (Wildman–Crippen MR) is 74.7 cm³/mol. The highest BCUT2D eigenvalue weighted by atomic mass is 32.2. The van der Waals surface area contributed by atoms with E-state index in [1.807, 2.05) is 6.92 Å². The number of nitrogens with zero attached hydrogens (tertiary/aromatic N) is 1. The van der Waals surface area contributed by atoms with Gasteiger partial charge in [-0.05, 0) is 32.4 Å². The third-order valence-electron chi connectivity index (χ3n) is 3.72. The van der Waals surface area contributed by atoms with Gasteiger partial charge < -0.3 is 5.11 Å². The molecule has 0 bridgehead atoms. The van der Waals surface area contributed by atoms with E-state index in [0.717, 1.165) is 5.56 Å². The van der Waals surface area contributed by atoms with Gasteiger partial charge in [0.1, 0.15) is 5.78 Å². The third-order valence-corrected chi connectivity index (χ3v) is 5.60. The number of aryl methyl sites for hydroxylation is 1. The van der Waals surface area contributed by atoms with Gasteiger partial charge in [0, 0.05) is 13.1 Å². The van der Waals surface area contributed by atoms with Crippen LogP contribution in [0.4, 0.5) is 0 Å². The Balaban J connectivity index is 2.26. The highest BCUT2D eigenvalue weighted by Crippen LogP contribution is 2.24. The molecule has 2 rings (SSSR count). The zero-order chi connectivity index (χ0) is 14.9. The molecular formula is C14H19NO4S. The van der Waals surface area contributed by atoms with Crippen molar-refractivity contribution >= 4 is 15.8 Å². The second-order valence-electron chi connectivity index (χ2n) is 5.25. The van der Waals surface area contributed by atoms with Crippen LogP contribution in [0, 0.1) is 12.8 Å². The molecule has 0 aromatic heterocycles. The van der Waals surface area contributed by atoms with Crippen molar-refractivity contribution in [3.8, 4) is 0 Å². The minimum Gasteiger partial charge on any atom is -0.392 e. The highest BCUT2D eigenvalue weighted by molar-refractivity contribution is 7.89. The van der Waals surface area contributed by atoms with E-state index in [9.17, 15) is 18.3 Å². The van der Waals surface area contributed by atoms with Crippen molar-refractivity contribution in [3.63, 3.8) is 0 Å². The topological polar surface area (TPSA) is 74.7 Å². The molecule has 1 saturated heterocycles. The van der Waals surface area contributed by atoms with E-state index in [0.29, 0.717) is 0 Å². The van der Waals surface area contributed by atoms with Crippen LogP contribution in [-0.4, -0.2) is 42.8 Å². The fourth-order valence-corrected chi connectivity index (χ4v) is 3.87. The number of ketones is 1. The molecule has 6 heteroatoms. The number of aliphatic hydroxyl groups excluding tert-OH is 1. The molecule has 0 amide bonds. The quantitative estimate of drug-likeness (QED) is 0.901. The summed E-state index contributed by atoms with van der Waals surface area (Å²) < 4.78 is 26.3. The Morgan fingerprint density at radius 1 is 1.30 bits per heavy atom. The molecule has 1 aromatic rings. The molecule has 20 heavy (non-hydrogen) atoms. The van der Waals surface area contributed by atoms with Gasteiger partial charge in [0.05, 0.1) is 16.9 Å². The summed E-state index contributed by atoms with van der Waals surface area (Å²) >= 11 is 0. The van der Waals surface area contributed by atoms with Gasteiger partial charge in [-0.3, -0.25) is 4.79 Å². The molecule has 110 valence electrons. The summed E-state index contributed by atoms with van der Waals surface area (Å²) in [6.07, 6.45) is -0.466. The lowest BCUT2D eigenvalue weighted by Crippen LogP contribution is -2.48. The van der Waals surface area contributed by atoms with Crippen LogP contribution >= 0.6 is 0 Å². The smallest absolute Gasteiger partial charge is 0.243 e. The van der Waals surface area contributed by atoms with Crippen LogP contribution in [0.2, 0.25) is 0 Å². The van der Waals surface area contributed by atoms with Crippen molar-refractivity contribution in [2.75, 3.05) is 13.1 Å². The van der Waals surface area contributed by atoms with Gasteiger partial charge >= 0.3 is 0 Å². The van der Waals surface area contributed by atoms with Crippen LogP contribution in [0.3, 0.4) is 0 Å². The summed E-state index contributed by atoms with van der Waals surface area (Å²) in [6, 6.07) is 6.62. The number of carbonyl (C=O) groups excluding carboxylic acids is 1. The number of sulfonamides is 1. The molecule has 0 unspecified atom stereocenters. The first-order chi connectivity index (χ1) is 9.32. The van der Waals surface area contributed by atoms with Crippen molar-refractivity contribution in [2.45, 2.75) is 31.3 Å². The fraction of sp³-hybridized carbons (Fsp3) is 0.500. The number of carbonyl (C=O) groups is 1. The Morgan fingerprint density at radius 3 is 2.45 bits per heavy atom. The number of hydrogen-bond acceptors (Lipinski definition) is 4. The molecule has 2 atom stereocenters. The molecule has 0 spiro atoms. The Morgan fingerprint density at radius 2 is 1.90 bits per heavy atom. The summed E-state index contributed by atoms with van der Waals surface area (Å²) in [6.45, 7) is 3.56. The normalized spacial score (nSPS) is 24.6. The van der Waals surface area contributed by atoms with Gasteiger partial charge in [0.25, 0.3) is 0 Å². The fourth-order valence-electron chi connectivity index (χ4n) is 2.39. The zero-order valence-corrected chi connectivity index (χ0v) is 12.4. The SMILES string of the molecule is CC(=O)[C@@H]1CN(S(=O)(=O)c2ccc(C)cc2)CC[C@@H]1O. The monoisotopic (exact) mass is 297 g/mol. The first-order valence-corrected chi connectivity index (χ1v) is 8.01. The number of rotatable bonds is 3. The first kappa shape index (κ1) is 15.2. The van der Waals surface area contributed by atoms with Crippen LogP contribution in [0.25, 0.3) is 0 Å². The van der Waals surface area contributed by atoms with Crippen molar-refractivity contribution in [2.24, 2.45) is 5.92 Å². The highest BCUT2D eigenvalue weighted by Gasteiger charge is 2.36. The molecular weight excluding hydrogens is 278 g/mol. The first-order valence-electron chi connectivity index (χ1n) is 6.57. The van der Waals surface area contributed by atoms with Crippen LogP contribution in [0.1, 0.15) is 18.9 Å². The van der Waals surface area contributed by atoms with Crippen molar-refractivity contribution in [1.29, 1.82) is 0 Å². The molecule has 0 aliphatic carbocycles. The van der Waals surface area contributed by atoms with Gasteiger partial charge in [-0.25, -0.2) is 8.42 Å². The van der Waals surface area contributed by atoms with Gasteiger partial charge in [0.2, 0.25) is 10.0 Å². The third kappa shape index (κ3) is 2.92. The van der Waals surface area contributed by atoms with Crippen LogP contribution in [0.5, 0.6) is 0 Å². The minimum atomic E-state index is -3.60. The van der Waals surface area contributed by atoms with Gasteiger partial charge in [-0.2, -0.15) is 4.31 Å². The Labute approximate surface area is 119 Å². The second-order valence-corrected chi connectivity index (χ2v) is 7.19. The zero-order valence-electron chi connectivity index (χ0n) is 11.6. The van der Waals surface area contributed by atoms with E-state index in [1.165, 1.54) is 11.2 Å². The molecule has 1 heterocycles. The molecule has 1 N–H and O–H groups in total.